The molecule has 4 nitrogen and oxygen atoms in total. The molecule has 6 heteroatoms. The molecule has 1 heterocycles. The molecule has 1 aromatic carbocycles. The number of nitrogens with zero attached hydrogens (tertiary/aromatic N) is 1. The number of halogens is 2. The summed E-state index contributed by atoms with van der Waals surface area (Å²) in [6, 6.07) is 8.08. The van der Waals surface area contributed by atoms with Crippen LogP contribution in [0.3, 0.4) is 0 Å². The van der Waals surface area contributed by atoms with E-state index in [1.807, 2.05) is 6.92 Å². The lowest BCUT2D eigenvalue weighted by atomic mass is 10.2. The zero-order chi connectivity index (χ0) is 14.5. The molecule has 0 fully saturated rings. The summed E-state index contributed by atoms with van der Waals surface area (Å²) in [5.74, 6) is -2.74. The van der Waals surface area contributed by atoms with Gasteiger partial charge in [0.15, 0.2) is 5.75 Å². The average Bonchev–Trinajstić information content (AvgIpc) is 2.43. The highest BCUT2D eigenvalue weighted by Crippen LogP contribution is 2.18. The van der Waals surface area contributed by atoms with Crippen LogP contribution in [0.15, 0.2) is 36.4 Å². The third kappa shape index (κ3) is 3.28. The summed E-state index contributed by atoms with van der Waals surface area (Å²) >= 11 is 0. The second kappa shape index (κ2) is 6.10. The van der Waals surface area contributed by atoms with Crippen molar-refractivity contribution in [1.29, 1.82) is 0 Å². The topological polar surface area (TPSA) is 48.4 Å². The molecule has 0 saturated carbocycles. The van der Waals surface area contributed by atoms with E-state index in [4.69, 9.17) is 9.47 Å². The number of hydrogen-bond acceptors (Lipinski definition) is 4. The summed E-state index contributed by atoms with van der Waals surface area (Å²) in [4.78, 5) is 14.7. The highest BCUT2D eigenvalue weighted by molar-refractivity contribution is 5.91. The highest BCUT2D eigenvalue weighted by Gasteiger charge is 2.13. The summed E-state index contributed by atoms with van der Waals surface area (Å²) < 4.78 is 35.9. The van der Waals surface area contributed by atoms with Crippen molar-refractivity contribution in [2.24, 2.45) is 0 Å². The first-order valence-electron chi connectivity index (χ1n) is 5.87. The van der Waals surface area contributed by atoms with Crippen LogP contribution in [0.5, 0.6) is 11.5 Å². The van der Waals surface area contributed by atoms with Crippen molar-refractivity contribution in [3.8, 4) is 11.5 Å². The zero-order valence-electron chi connectivity index (χ0n) is 10.6. The van der Waals surface area contributed by atoms with Gasteiger partial charge < -0.3 is 9.47 Å². The Balaban J connectivity index is 2.11. The third-order valence-electron chi connectivity index (χ3n) is 2.38. The van der Waals surface area contributed by atoms with Gasteiger partial charge >= 0.3 is 5.97 Å². The minimum atomic E-state index is -1.18. The Hall–Kier alpha value is -2.50. The molecule has 1 aromatic heterocycles. The van der Waals surface area contributed by atoms with E-state index in [1.165, 1.54) is 12.1 Å². The van der Waals surface area contributed by atoms with Crippen molar-refractivity contribution in [3.63, 3.8) is 0 Å². The van der Waals surface area contributed by atoms with Crippen molar-refractivity contribution in [2.45, 2.75) is 6.92 Å². The van der Waals surface area contributed by atoms with E-state index in [1.54, 1.807) is 12.1 Å². The van der Waals surface area contributed by atoms with Crippen molar-refractivity contribution in [3.05, 3.63) is 53.9 Å². The van der Waals surface area contributed by atoms with E-state index < -0.39 is 23.6 Å². The summed E-state index contributed by atoms with van der Waals surface area (Å²) in [6.45, 7) is 2.35. The van der Waals surface area contributed by atoms with Crippen LogP contribution in [-0.4, -0.2) is 17.6 Å². The lowest BCUT2D eigenvalue weighted by Gasteiger charge is -2.06. The van der Waals surface area contributed by atoms with Gasteiger partial charge in [-0.05, 0) is 43.3 Å². The Morgan fingerprint density at radius 2 is 1.85 bits per heavy atom. The molecule has 0 atom stereocenters. The van der Waals surface area contributed by atoms with Gasteiger partial charge in [-0.3, -0.25) is 0 Å². The molecule has 0 amide bonds. The summed E-state index contributed by atoms with van der Waals surface area (Å²) in [5.41, 5.74) is 0.220. The van der Waals surface area contributed by atoms with Crippen LogP contribution < -0.4 is 9.47 Å². The second-order valence-corrected chi connectivity index (χ2v) is 3.77. The number of rotatable bonds is 4. The minimum absolute atomic E-state index is 0.220. The van der Waals surface area contributed by atoms with Gasteiger partial charge in [-0.15, -0.1) is 0 Å². The summed E-state index contributed by atoms with van der Waals surface area (Å²) in [7, 11) is 0. The molecular formula is C14H11F2NO3. The van der Waals surface area contributed by atoms with Gasteiger partial charge in [0.25, 0.3) is 5.95 Å². The first kappa shape index (κ1) is 13.9. The predicted molar refractivity (Wildman–Crippen MR) is 66.7 cm³/mol. The largest absolute Gasteiger partial charge is 0.494 e. The monoisotopic (exact) mass is 279 g/mol. The SMILES string of the molecule is CCOc1ccc(C(=O)Oc2ccc(F)nc2F)cc1. The number of benzene rings is 1. The second-order valence-electron chi connectivity index (χ2n) is 3.77. The molecule has 0 aliphatic heterocycles. The predicted octanol–water partition coefficient (Wildman–Crippen LogP) is 2.98. The number of ether oxygens (including phenoxy) is 2. The molecular weight excluding hydrogens is 268 g/mol. The Bertz CT molecular complexity index is 614. The zero-order valence-corrected chi connectivity index (χ0v) is 10.6. The van der Waals surface area contributed by atoms with Gasteiger partial charge in [0.1, 0.15) is 5.75 Å². The third-order valence-corrected chi connectivity index (χ3v) is 2.38. The maximum atomic E-state index is 13.2. The molecule has 104 valence electrons. The standard InChI is InChI=1S/C14H11F2NO3/c1-2-19-10-5-3-9(4-6-10)14(18)20-11-7-8-12(15)17-13(11)16/h3-8H,2H2,1H3. The van der Waals surface area contributed by atoms with Gasteiger partial charge in [-0.2, -0.15) is 13.8 Å². The van der Waals surface area contributed by atoms with Crippen molar-refractivity contribution < 1.29 is 23.0 Å². The van der Waals surface area contributed by atoms with Crippen LogP contribution in [0, 0.1) is 11.9 Å². The van der Waals surface area contributed by atoms with Gasteiger partial charge in [-0.1, -0.05) is 0 Å². The maximum absolute atomic E-state index is 13.2. The minimum Gasteiger partial charge on any atom is -0.494 e. The molecule has 20 heavy (non-hydrogen) atoms. The molecule has 0 aliphatic carbocycles. The Kier molecular flexibility index (Phi) is 4.24. The highest BCUT2D eigenvalue weighted by atomic mass is 19.1. The Morgan fingerprint density at radius 1 is 1.15 bits per heavy atom. The number of carbonyl (C=O) groups is 1. The molecule has 0 unspecified atom stereocenters. The molecule has 0 spiro atoms. The fourth-order valence-electron chi connectivity index (χ4n) is 1.49. The van der Waals surface area contributed by atoms with Crippen LogP contribution in [-0.2, 0) is 0 Å². The Morgan fingerprint density at radius 3 is 2.45 bits per heavy atom. The number of hydrogen-bond donors (Lipinski definition) is 0. The molecule has 2 rings (SSSR count). The van der Waals surface area contributed by atoms with Crippen LogP contribution in [0.4, 0.5) is 8.78 Å². The number of esters is 1. The van der Waals surface area contributed by atoms with Gasteiger partial charge in [0.2, 0.25) is 5.95 Å². The quantitative estimate of drug-likeness (QED) is 0.637. The van der Waals surface area contributed by atoms with E-state index in [9.17, 15) is 13.6 Å². The van der Waals surface area contributed by atoms with E-state index in [-0.39, 0.29) is 5.56 Å². The fourth-order valence-corrected chi connectivity index (χ4v) is 1.49. The fraction of sp³-hybridized carbons (Fsp3) is 0.143. The first-order chi connectivity index (χ1) is 9.60. The molecule has 0 bridgehead atoms. The van der Waals surface area contributed by atoms with Gasteiger partial charge in [0, 0.05) is 0 Å². The molecule has 0 aliphatic rings. The van der Waals surface area contributed by atoms with Crippen molar-refractivity contribution in [2.75, 3.05) is 6.61 Å². The lowest BCUT2D eigenvalue weighted by Crippen LogP contribution is -2.10. The van der Waals surface area contributed by atoms with Crippen molar-refractivity contribution >= 4 is 5.97 Å². The number of pyridine rings is 1. The van der Waals surface area contributed by atoms with Gasteiger partial charge in [-0.25, -0.2) is 4.79 Å². The normalized spacial score (nSPS) is 10.2. The van der Waals surface area contributed by atoms with Gasteiger partial charge in [0.05, 0.1) is 12.2 Å². The smallest absolute Gasteiger partial charge is 0.343 e. The van der Waals surface area contributed by atoms with Crippen LogP contribution in [0.2, 0.25) is 0 Å². The molecule has 2 aromatic rings. The van der Waals surface area contributed by atoms with E-state index >= 15 is 0 Å². The number of carbonyl (C=O) groups excluding carboxylic acids is 1. The van der Waals surface area contributed by atoms with E-state index in [2.05, 4.69) is 4.98 Å². The lowest BCUT2D eigenvalue weighted by molar-refractivity contribution is 0.0725. The number of aromatic nitrogens is 1. The molecule has 0 N–H and O–H groups in total. The average molecular weight is 279 g/mol. The van der Waals surface area contributed by atoms with Crippen molar-refractivity contribution in [1.82, 2.24) is 4.98 Å². The van der Waals surface area contributed by atoms with E-state index in [0.29, 0.717) is 12.4 Å². The maximum Gasteiger partial charge on any atom is 0.343 e. The Labute approximate surface area is 114 Å². The van der Waals surface area contributed by atoms with Crippen LogP contribution >= 0.6 is 0 Å². The van der Waals surface area contributed by atoms with Crippen LogP contribution in [0.25, 0.3) is 0 Å². The first-order valence-corrected chi connectivity index (χ1v) is 5.87. The molecule has 0 radical (unpaired) electrons. The summed E-state index contributed by atoms with van der Waals surface area (Å²) in [5, 5.41) is 0. The summed E-state index contributed by atoms with van der Waals surface area (Å²) in [6.07, 6.45) is 0. The van der Waals surface area contributed by atoms with E-state index in [0.717, 1.165) is 12.1 Å². The van der Waals surface area contributed by atoms with Crippen LogP contribution in [0.1, 0.15) is 17.3 Å². The molecule has 0 saturated heterocycles.